The number of amides is 3. The standard InChI is InChI=1S/C14H17N3O3/c15-16-12(18)8-2-1-5-9-17-13(19)10-6-3-4-7-11(10)14(17)20/h3-4,6-7H,1-2,5,8-9,15H2,(H,16,18). The number of carbonyl (C=O) groups is 3. The lowest BCUT2D eigenvalue weighted by Crippen LogP contribution is -2.31. The summed E-state index contributed by atoms with van der Waals surface area (Å²) in [6.45, 7) is 0.386. The summed E-state index contributed by atoms with van der Waals surface area (Å²) in [6.07, 6.45) is 2.50. The highest BCUT2D eigenvalue weighted by molar-refractivity contribution is 6.21. The van der Waals surface area contributed by atoms with Crippen molar-refractivity contribution in [3.8, 4) is 0 Å². The van der Waals surface area contributed by atoms with Gasteiger partial charge in [-0.25, -0.2) is 5.84 Å². The second-order valence-corrected chi connectivity index (χ2v) is 4.69. The molecule has 1 aliphatic heterocycles. The van der Waals surface area contributed by atoms with Crippen LogP contribution in [0.3, 0.4) is 0 Å². The summed E-state index contributed by atoms with van der Waals surface area (Å²) in [5.41, 5.74) is 3.01. The normalized spacial score (nSPS) is 13.6. The van der Waals surface area contributed by atoms with Gasteiger partial charge in [0.1, 0.15) is 0 Å². The maximum Gasteiger partial charge on any atom is 0.261 e. The number of nitrogens with one attached hydrogen (secondary N) is 1. The van der Waals surface area contributed by atoms with E-state index in [1.54, 1.807) is 24.3 Å². The van der Waals surface area contributed by atoms with Gasteiger partial charge in [0.15, 0.2) is 0 Å². The molecule has 0 bridgehead atoms. The molecular formula is C14H17N3O3. The molecule has 3 amide bonds. The van der Waals surface area contributed by atoms with Gasteiger partial charge in [-0.3, -0.25) is 24.7 Å². The van der Waals surface area contributed by atoms with Crippen LogP contribution in [0.4, 0.5) is 0 Å². The number of hydrazine groups is 1. The molecule has 0 spiro atoms. The Morgan fingerprint density at radius 2 is 1.65 bits per heavy atom. The topological polar surface area (TPSA) is 92.5 Å². The van der Waals surface area contributed by atoms with Crippen LogP contribution in [0.15, 0.2) is 24.3 Å². The van der Waals surface area contributed by atoms with E-state index in [0.717, 1.165) is 6.42 Å². The van der Waals surface area contributed by atoms with Crippen LogP contribution in [0, 0.1) is 0 Å². The van der Waals surface area contributed by atoms with E-state index < -0.39 is 0 Å². The van der Waals surface area contributed by atoms with Gasteiger partial charge in [0.05, 0.1) is 11.1 Å². The summed E-state index contributed by atoms with van der Waals surface area (Å²) in [5.74, 6) is 4.31. The summed E-state index contributed by atoms with van der Waals surface area (Å²) in [7, 11) is 0. The molecule has 106 valence electrons. The van der Waals surface area contributed by atoms with Gasteiger partial charge < -0.3 is 0 Å². The Kier molecular flexibility index (Phi) is 4.47. The Balaban J connectivity index is 1.82. The quantitative estimate of drug-likeness (QED) is 0.264. The molecule has 1 heterocycles. The van der Waals surface area contributed by atoms with Crippen LogP contribution in [0.5, 0.6) is 0 Å². The number of hydrogen-bond donors (Lipinski definition) is 2. The van der Waals surface area contributed by atoms with Gasteiger partial charge >= 0.3 is 0 Å². The van der Waals surface area contributed by atoms with Crippen molar-refractivity contribution in [3.05, 3.63) is 35.4 Å². The Labute approximate surface area is 116 Å². The first-order valence-corrected chi connectivity index (χ1v) is 6.60. The highest BCUT2D eigenvalue weighted by atomic mass is 16.2. The number of hydrogen-bond acceptors (Lipinski definition) is 4. The molecule has 3 N–H and O–H groups in total. The van der Waals surface area contributed by atoms with E-state index in [1.165, 1.54) is 4.90 Å². The van der Waals surface area contributed by atoms with E-state index in [2.05, 4.69) is 5.43 Å². The lowest BCUT2D eigenvalue weighted by atomic mass is 10.1. The van der Waals surface area contributed by atoms with Crippen LogP contribution in [0.25, 0.3) is 0 Å². The van der Waals surface area contributed by atoms with Gasteiger partial charge in [-0.05, 0) is 25.0 Å². The smallest absolute Gasteiger partial charge is 0.261 e. The van der Waals surface area contributed by atoms with Crippen molar-refractivity contribution in [3.63, 3.8) is 0 Å². The zero-order valence-electron chi connectivity index (χ0n) is 11.1. The van der Waals surface area contributed by atoms with Gasteiger partial charge in [0.25, 0.3) is 11.8 Å². The van der Waals surface area contributed by atoms with Crippen LogP contribution in [0.2, 0.25) is 0 Å². The number of unbranched alkanes of at least 4 members (excludes halogenated alkanes) is 2. The third-order valence-electron chi connectivity index (χ3n) is 3.32. The molecule has 0 radical (unpaired) electrons. The summed E-state index contributed by atoms with van der Waals surface area (Å²) >= 11 is 0. The van der Waals surface area contributed by atoms with Gasteiger partial charge in [-0.15, -0.1) is 0 Å². The summed E-state index contributed by atoms with van der Waals surface area (Å²) in [5, 5.41) is 0. The van der Waals surface area contributed by atoms with E-state index in [4.69, 9.17) is 5.84 Å². The SMILES string of the molecule is NNC(=O)CCCCCN1C(=O)c2ccccc2C1=O. The van der Waals surface area contributed by atoms with Crippen LogP contribution in [0.1, 0.15) is 46.4 Å². The Hall–Kier alpha value is -2.21. The summed E-state index contributed by atoms with van der Waals surface area (Å²) in [6, 6.07) is 6.83. The molecule has 0 fully saturated rings. The molecule has 2 rings (SSSR count). The fourth-order valence-corrected chi connectivity index (χ4v) is 2.25. The van der Waals surface area contributed by atoms with Crippen molar-refractivity contribution in [1.82, 2.24) is 10.3 Å². The van der Waals surface area contributed by atoms with Gasteiger partial charge in [-0.2, -0.15) is 0 Å². The fraction of sp³-hybridized carbons (Fsp3) is 0.357. The Morgan fingerprint density at radius 1 is 1.05 bits per heavy atom. The summed E-state index contributed by atoms with van der Waals surface area (Å²) < 4.78 is 0. The van der Waals surface area contributed by atoms with E-state index in [0.29, 0.717) is 36.9 Å². The number of carbonyl (C=O) groups excluding carboxylic acids is 3. The van der Waals surface area contributed by atoms with Gasteiger partial charge in [0, 0.05) is 13.0 Å². The number of nitrogens with two attached hydrogens (primary N) is 1. The third-order valence-corrected chi connectivity index (χ3v) is 3.32. The van der Waals surface area contributed by atoms with E-state index >= 15 is 0 Å². The molecule has 1 aromatic carbocycles. The van der Waals surface area contributed by atoms with Crippen molar-refractivity contribution < 1.29 is 14.4 Å². The van der Waals surface area contributed by atoms with Crippen LogP contribution >= 0.6 is 0 Å². The monoisotopic (exact) mass is 275 g/mol. The van der Waals surface area contributed by atoms with Crippen molar-refractivity contribution in [2.75, 3.05) is 6.54 Å². The lowest BCUT2D eigenvalue weighted by Gasteiger charge is -2.13. The number of benzene rings is 1. The number of nitrogens with zero attached hydrogens (tertiary/aromatic N) is 1. The molecule has 6 nitrogen and oxygen atoms in total. The second-order valence-electron chi connectivity index (χ2n) is 4.69. The highest BCUT2D eigenvalue weighted by Gasteiger charge is 2.34. The van der Waals surface area contributed by atoms with Crippen molar-refractivity contribution in [1.29, 1.82) is 0 Å². The Morgan fingerprint density at radius 3 is 2.20 bits per heavy atom. The molecule has 0 atom stereocenters. The van der Waals surface area contributed by atoms with Crippen molar-refractivity contribution in [2.24, 2.45) is 5.84 Å². The molecule has 0 aromatic heterocycles. The maximum atomic E-state index is 12.0. The summed E-state index contributed by atoms with van der Waals surface area (Å²) in [4.78, 5) is 36.3. The van der Waals surface area contributed by atoms with Crippen molar-refractivity contribution >= 4 is 17.7 Å². The molecular weight excluding hydrogens is 258 g/mol. The molecule has 20 heavy (non-hydrogen) atoms. The minimum Gasteiger partial charge on any atom is -0.294 e. The maximum absolute atomic E-state index is 12.0. The van der Waals surface area contributed by atoms with Gasteiger partial charge in [-0.1, -0.05) is 18.6 Å². The number of fused-ring (bicyclic) bond motifs is 1. The van der Waals surface area contributed by atoms with Crippen molar-refractivity contribution in [2.45, 2.75) is 25.7 Å². The first kappa shape index (κ1) is 14.2. The second kappa shape index (κ2) is 6.29. The minimum absolute atomic E-state index is 0.203. The molecule has 0 saturated heterocycles. The minimum atomic E-state index is -0.231. The highest BCUT2D eigenvalue weighted by Crippen LogP contribution is 2.22. The number of imide groups is 1. The zero-order chi connectivity index (χ0) is 14.5. The molecule has 1 aliphatic rings. The average Bonchev–Trinajstić information content (AvgIpc) is 2.71. The lowest BCUT2D eigenvalue weighted by molar-refractivity contribution is -0.121. The largest absolute Gasteiger partial charge is 0.294 e. The molecule has 1 aromatic rings. The third kappa shape index (κ3) is 2.85. The molecule has 6 heteroatoms. The molecule has 0 saturated carbocycles. The van der Waals surface area contributed by atoms with E-state index in [1.807, 2.05) is 0 Å². The van der Waals surface area contributed by atoms with Crippen LogP contribution in [-0.4, -0.2) is 29.2 Å². The average molecular weight is 275 g/mol. The fourth-order valence-electron chi connectivity index (χ4n) is 2.25. The predicted molar refractivity (Wildman–Crippen MR) is 72.6 cm³/mol. The van der Waals surface area contributed by atoms with E-state index in [9.17, 15) is 14.4 Å². The van der Waals surface area contributed by atoms with Crippen LogP contribution in [-0.2, 0) is 4.79 Å². The van der Waals surface area contributed by atoms with Gasteiger partial charge in [0.2, 0.25) is 5.91 Å². The number of rotatable bonds is 6. The zero-order valence-corrected chi connectivity index (χ0v) is 11.1. The van der Waals surface area contributed by atoms with Crippen LogP contribution < -0.4 is 11.3 Å². The molecule has 0 unspecified atom stereocenters. The Bertz CT molecular complexity index is 507. The first-order chi connectivity index (χ1) is 9.65. The van der Waals surface area contributed by atoms with E-state index in [-0.39, 0.29) is 17.7 Å². The predicted octanol–water partition coefficient (Wildman–Crippen LogP) is 0.833. The first-order valence-electron chi connectivity index (χ1n) is 6.60. The molecule has 0 aliphatic carbocycles.